The van der Waals surface area contributed by atoms with Gasteiger partial charge in [0.05, 0.1) is 5.54 Å². The van der Waals surface area contributed by atoms with E-state index in [-0.39, 0.29) is 11.3 Å². The Morgan fingerprint density at radius 1 is 1.59 bits per heavy atom. The normalized spacial score (nSPS) is 24.1. The molecule has 2 heterocycles. The first-order valence-electron chi connectivity index (χ1n) is 6.55. The summed E-state index contributed by atoms with van der Waals surface area (Å²) in [6.45, 7) is 5.94. The molecule has 1 aliphatic heterocycles. The summed E-state index contributed by atoms with van der Waals surface area (Å²) < 4.78 is 1.83. The molecule has 1 unspecified atom stereocenters. The summed E-state index contributed by atoms with van der Waals surface area (Å²) in [7, 11) is 0. The molecule has 0 radical (unpaired) electrons. The van der Waals surface area contributed by atoms with Crippen LogP contribution in [0.15, 0.2) is 12.3 Å². The fourth-order valence-electron chi connectivity index (χ4n) is 2.62. The van der Waals surface area contributed by atoms with Gasteiger partial charge in [-0.1, -0.05) is 13.8 Å². The summed E-state index contributed by atoms with van der Waals surface area (Å²) in [5.41, 5.74) is 0.411. The van der Waals surface area contributed by atoms with E-state index in [0.717, 1.165) is 44.5 Å². The van der Waals surface area contributed by atoms with E-state index < -0.39 is 0 Å². The SMILES string of the molecule is CCCn1nccc1C(=O)C1(CC)CCCN1. The van der Waals surface area contributed by atoms with Crippen LogP contribution in [0.25, 0.3) is 0 Å². The minimum atomic E-state index is -0.342. The van der Waals surface area contributed by atoms with Crippen LogP contribution in [0.1, 0.15) is 50.0 Å². The number of rotatable bonds is 5. The number of carbonyl (C=O) groups is 1. The molecule has 4 heteroatoms. The highest BCUT2D eigenvalue weighted by atomic mass is 16.1. The highest BCUT2D eigenvalue weighted by molar-refractivity contribution is 6.02. The largest absolute Gasteiger partial charge is 0.305 e. The van der Waals surface area contributed by atoms with Crippen LogP contribution in [-0.2, 0) is 6.54 Å². The lowest BCUT2D eigenvalue weighted by molar-refractivity contribution is 0.0852. The Labute approximate surface area is 102 Å². The molecule has 0 amide bonds. The second kappa shape index (κ2) is 5.00. The Kier molecular flexibility index (Phi) is 3.62. The summed E-state index contributed by atoms with van der Waals surface area (Å²) in [5, 5.41) is 7.62. The van der Waals surface area contributed by atoms with Gasteiger partial charge in [0.25, 0.3) is 0 Å². The van der Waals surface area contributed by atoms with E-state index in [9.17, 15) is 4.79 Å². The van der Waals surface area contributed by atoms with E-state index in [2.05, 4.69) is 24.3 Å². The fourth-order valence-corrected chi connectivity index (χ4v) is 2.62. The van der Waals surface area contributed by atoms with Gasteiger partial charge < -0.3 is 5.32 Å². The van der Waals surface area contributed by atoms with Crippen molar-refractivity contribution in [3.8, 4) is 0 Å². The average Bonchev–Trinajstić information content (AvgIpc) is 2.97. The summed E-state index contributed by atoms with van der Waals surface area (Å²) in [6.07, 6.45) is 5.60. The topological polar surface area (TPSA) is 46.9 Å². The number of carbonyl (C=O) groups excluding carboxylic acids is 1. The van der Waals surface area contributed by atoms with Crippen LogP contribution in [-0.4, -0.2) is 27.6 Å². The quantitative estimate of drug-likeness (QED) is 0.794. The first-order valence-corrected chi connectivity index (χ1v) is 6.55. The first kappa shape index (κ1) is 12.3. The van der Waals surface area contributed by atoms with E-state index in [1.165, 1.54) is 0 Å². The Hall–Kier alpha value is -1.16. The molecule has 1 aromatic rings. The Balaban J connectivity index is 2.26. The number of aryl methyl sites for hydroxylation is 1. The maximum atomic E-state index is 12.6. The lowest BCUT2D eigenvalue weighted by Gasteiger charge is -2.26. The molecule has 1 N–H and O–H groups in total. The minimum Gasteiger partial charge on any atom is -0.305 e. The highest BCUT2D eigenvalue weighted by Crippen LogP contribution is 2.27. The van der Waals surface area contributed by atoms with Crippen molar-refractivity contribution in [2.75, 3.05) is 6.54 Å². The average molecular weight is 235 g/mol. The third-order valence-electron chi connectivity index (χ3n) is 3.67. The molecular weight excluding hydrogens is 214 g/mol. The van der Waals surface area contributed by atoms with Crippen LogP contribution in [0.2, 0.25) is 0 Å². The van der Waals surface area contributed by atoms with Crippen molar-refractivity contribution in [1.29, 1.82) is 0 Å². The van der Waals surface area contributed by atoms with E-state index in [1.807, 2.05) is 10.7 Å². The molecule has 2 rings (SSSR count). The molecule has 17 heavy (non-hydrogen) atoms. The summed E-state index contributed by atoms with van der Waals surface area (Å²) in [6, 6.07) is 1.84. The zero-order valence-electron chi connectivity index (χ0n) is 10.7. The van der Waals surface area contributed by atoms with Gasteiger partial charge in [-0.25, -0.2) is 0 Å². The number of Topliss-reactive ketones (excluding diaryl/α,β-unsaturated/α-hetero) is 1. The molecule has 0 saturated carbocycles. The standard InChI is InChI=1S/C13H21N3O/c1-3-10-16-11(6-9-15-16)12(17)13(4-2)7-5-8-14-13/h6,9,14H,3-5,7-8,10H2,1-2H3. The van der Waals surface area contributed by atoms with Crippen LogP contribution in [0.4, 0.5) is 0 Å². The van der Waals surface area contributed by atoms with E-state index in [0.29, 0.717) is 0 Å². The van der Waals surface area contributed by atoms with E-state index in [1.54, 1.807) is 6.20 Å². The molecule has 1 saturated heterocycles. The van der Waals surface area contributed by atoms with Crippen LogP contribution < -0.4 is 5.32 Å². The first-order chi connectivity index (χ1) is 8.23. The molecule has 0 aliphatic carbocycles. The molecule has 1 fully saturated rings. The number of aromatic nitrogens is 2. The molecule has 0 aromatic carbocycles. The van der Waals surface area contributed by atoms with Crippen molar-refractivity contribution < 1.29 is 4.79 Å². The lowest BCUT2D eigenvalue weighted by atomic mass is 9.87. The zero-order valence-corrected chi connectivity index (χ0v) is 10.7. The monoisotopic (exact) mass is 235 g/mol. The predicted octanol–water partition coefficient (Wildman–Crippen LogP) is 2.01. The second-order valence-electron chi connectivity index (χ2n) is 4.73. The van der Waals surface area contributed by atoms with Crippen molar-refractivity contribution in [2.45, 2.75) is 51.6 Å². The van der Waals surface area contributed by atoms with Gasteiger partial charge in [0, 0.05) is 12.7 Å². The van der Waals surface area contributed by atoms with Crippen LogP contribution in [0, 0.1) is 0 Å². The van der Waals surface area contributed by atoms with Gasteiger partial charge in [0.15, 0.2) is 0 Å². The van der Waals surface area contributed by atoms with Crippen molar-refractivity contribution in [3.05, 3.63) is 18.0 Å². The highest BCUT2D eigenvalue weighted by Gasteiger charge is 2.40. The van der Waals surface area contributed by atoms with Gasteiger partial charge in [-0.3, -0.25) is 9.48 Å². The number of hydrogen-bond acceptors (Lipinski definition) is 3. The summed E-state index contributed by atoms with van der Waals surface area (Å²) >= 11 is 0. The van der Waals surface area contributed by atoms with E-state index in [4.69, 9.17) is 0 Å². The molecule has 94 valence electrons. The molecule has 1 atom stereocenters. The number of ketones is 1. The fraction of sp³-hybridized carbons (Fsp3) is 0.692. The molecule has 1 aromatic heterocycles. The summed E-state index contributed by atoms with van der Waals surface area (Å²) in [4.78, 5) is 12.6. The molecule has 1 aliphatic rings. The van der Waals surface area contributed by atoms with Gasteiger partial charge in [-0.15, -0.1) is 0 Å². The minimum absolute atomic E-state index is 0.212. The molecule has 0 bridgehead atoms. The van der Waals surface area contributed by atoms with Crippen LogP contribution in [0.3, 0.4) is 0 Å². The van der Waals surface area contributed by atoms with Crippen LogP contribution in [0.5, 0.6) is 0 Å². The van der Waals surface area contributed by atoms with Gasteiger partial charge in [0.1, 0.15) is 5.69 Å². The smallest absolute Gasteiger partial charge is 0.200 e. The van der Waals surface area contributed by atoms with E-state index >= 15 is 0 Å². The molecular formula is C13H21N3O. The second-order valence-corrected chi connectivity index (χ2v) is 4.73. The third-order valence-corrected chi connectivity index (χ3v) is 3.67. The lowest BCUT2D eigenvalue weighted by Crippen LogP contribution is -2.47. The molecule has 0 spiro atoms. The molecule has 4 nitrogen and oxygen atoms in total. The Morgan fingerprint density at radius 3 is 3.00 bits per heavy atom. The van der Waals surface area contributed by atoms with Gasteiger partial charge >= 0.3 is 0 Å². The number of nitrogens with zero attached hydrogens (tertiary/aromatic N) is 2. The van der Waals surface area contributed by atoms with Gasteiger partial charge in [-0.2, -0.15) is 5.10 Å². The zero-order chi connectivity index (χ0) is 12.3. The Morgan fingerprint density at radius 2 is 2.41 bits per heavy atom. The Bertz CT molecular complexity index is 391. The summed E-state index contributed by atoms with van der Waals surface area (Å²) in [5.74, 6) is 0.212. The van der Waals surface area contributed by atoms with Crippen LogP contribution >= 0.6 is 0 Å². The van der Waals surface area contributed by atoms with Gasteiger partial charge in [0.2, 0.25) is 5.78 Å². The maximum absolute atomic E-state index is 12.6. The van der Waals surface area contributed by atoms with Gasteiger partial charge in [-0.05, 0) is 38.3 Å². The van der Waals surface area contributed by atoms with Crippen molar-refractivity contribution >= 4 is 5.78 Å². The van der Waals surface area contributed by atoms with Crippen molar-refractivity contribution in [3.63, 3.8) is 0 Å². The van der Waals surface area contributed by atoms with Crippen molar-refractivity contribution in [2.24, 2.45) is 0 Å². The van der Waals surface area contributed by atoms with Crippen molar-refractivity contribution in [1.82, 2.24) is 15.1 Å². The number of nitrogens with one attached hydrogen (secondary N) is 1. The number of hydrogen-bond donors (Lipinski definition) is 1. The maximum Gasteiger partial charge on any atom is 0.200 e. The predicted molar refractivity (Wildman–Crippen MR) is 67.1 cm³/mol. The third kappa shape index (κ3) is 2.14.